The molecule has 2 heterocycles. The monoisotopic (exact) mass is 267 g/mol. The molecule has 0 unspecified atom stereocenters. The molecule has 20 heavy (non-hydrogen) atoms. The molecule has 0 radical (unpaired) electrons. The highest BCUT2D eigenvalue weighted by Gasteiger charge is 2.07. The maximum absolute atomic E-state index is 12.2. The first-order valence-corrected chi connectivity index (χ1v) is 6.15. The van der Waals surface area contributed by atoms with Crippen molar-refractivity contribution in [1.82, 2.24) is 9.97 Å². The Morgan fingerprint density at radius 2 is 2.15 bits per heavy atom. The van der Waals surface area contributed by atoms with Crippen LogP contribution < -0.4 is 10.1 Å². The van der Waals surface area contributed by atoms with Crippen LogP contribution >= 0.6 is 0 Å². The average Bonchev–Trinajstić information content (AvgIpc) is 2.95. The fourth-order valence-corrected chi connectivity index (χ4v) is 1.97. The summed E-state index contributed by atoms with van der Waals surface area (Å²) in [5.74, 6) is 0.337. The average molecular weight is 267 g/mol. The van der Waals surface area contributed by atoms with E-state index in [2.05, 4.69) is 15.3 Å². The molecule has 0 aliphatic heterocycles. The fourth-order valence-electron chi connectivity index (χ4n) is 1.97. The lowest BCUT2D eigenvalue weighted by molar-refractivity contribution is 0.102. The number of carbonyl (C=O) groups is 1. The summed E-state index contributed by atoms with van der Waals surface area (Å²) in [5.41, 5.74) is 2.16. The van der Waals surface area contributed by atoms with Gasteiger partial charge in [-0.1, -0.05) is 6.07 Å². The minimum atomic E-state index is -0.173. The summed E-state index contributed by atoms with van der Waals surface area (Å²) in [7, 11) is 1.55. The number of nitrogens with zero attached hydrogens (tertiary/aromatic N) is 1. The first-order chi connectivity index (χ1) is 9.76. The van der Waals surface area contributed by atoms with Crippen molar-refractivity contribution in [1.29, 1.82) is 0 Å². The molecule has 0 aliphatic carbocycles. The number of H-pyrrole nitrogens is 1. The molecular weight excluding hydrogens is 254 g/mol. The molecule has 0 atom stereocenters. The lowest BCUT2D eigenvalue weighted by atomic mass is 10.1. The van der Waals surface area contributed by atoms with Gasteiger partial charge in [-0.3, -0.25) is 4.79 Å². The zero-order valence-electron chi connectivity index (χ0n) is 10.9. The van der Waals surface area contributed by atoms with E-state index in [9.17, 15) is 4.79 Å². The Balaban J connectivity index is 1.80. The lowest BCUT2D eigenvalue weighted by Gasteiger charge is -2.06. The van der Waals surface area contributed by atoms with Crippen LogP contribution in [0.3, 0.4) is 0 Å². The third-order valence-corrected chi connectivity index (χ3v) is 3.02. The van der Waals surface area contributed by atoms with Crippen LogP contribution in [0, 0.1) is 0 Å². The Kier molecular flexibility index (Phi) is 3.09. The second kappa shape index (κ2) is 5.05. The summed E-state index contributed by atoms with van der Waals surface area (Å²) in [5, 5.41) is 3.87. The number of nitrogens with one attached hydrogen (secondary N) is 2. The lowest BCUT2D eigenvalue weighted by Crippen LogP contribution is -2.11. The number of anilines is 1. The molecular formula is C15H13N3O2. The number of aromatic nitrogens is 2. The topological polar surface area (TPSA) is 67.0 Å². The number of hydrogen-bond donors (Lipinski definition) is 2. The van der Waals surface area contributed by atoms with E-state index in [1.807, 2.05) is 24.4 Å². The minimum absolute atomic E-state index is 0.173. The van der Waals surface area contributed by atoms with E-state index < -0.39 is 0 Å². The molecule has 1 aromatic carbocycles. The molecule has 5 nitrogen and oxygen atoms in total. The summed E-state index contributed by atoms with van der Waals surface area (Å²) in [6.45, 7) is 0. The molecule has 3 aromatic rings. The number of fused-ring (bicyclic) bond motifs is 1. The second-order valence-corrected chi connectivity index (χ2v) is 4.32. The van der Waals surface area contributed by atoms with Crippen molar-refractivity contribution in [3.63, 3.8) is 0 Å². The van der Waals surface area contributed by atoms with E-state index in [0.717, 1.165) is 10.9 Å². The third kappa shape index (κ3) is 2.33. The van der Waals surface area contributed by atoms with Gasteiger partial charge in [0, 0.05) is 23.3 Å². The Bertz CT molecular complexity index is 747. The quantitative estimate of drug-likeness (QED) is 0.766. The Hall–Kier alpha value is -2.82. The van der Waals surface area contributed by atoms with Crippen molar-refractivity contribution >= 4 is 22.5 Å². The summed E-state index contributed by atoms with van der Waals surface area (Å²) in [4.78, 5) is 19.3. The van der Waals surface area contributed by atoms with Crippen LogP contribution in [0.15, 0.2) is 48.8 Å². The van der Waals surface area contributed by atoms with E-state index in [1.165, 1.54) is 0 Å². The maximum atomic E-state index is 12.2. The Morgan fingerprint density at radius 1 is 1.25 bits per heavy atom. The number of hydrogen-bond acceptors (Lipinski definition) is 3. The molecule has 0 saturated heterocycles. The van der Waals surface area contributed by atoms with Crippen molar-refractivity contribution in [2.75, 3.05) is 12.4 Å². The van der Waals surface area contributed by atoms with Crippen LogP contribution in [0.1, 0.15) is 10.4 Å². The minimum Gasteiger partial charge on any atom is -0.481 e. The second-order valence-electron chi connectivity index (χ2n) is 4.32. The highest BCUT2D eigenvalue weighted by atomic mass is 16.5. The number of ether oxygens (including phenoxy) is 1. The maximum Gasteiger partial charge on any atom is 0.255 e. The van der Waals surface area contributed by atoms with Crippen molar-refractivity contribution in [3.8, 4) is 5.88 Å². The summed E-state index contributed by atoms with van der Waals surface area (Å²) in [6, 6.07) is 10.9. The van der Waals surface area contributed by atoms with Gasteiger partial charge < -0.3 is 15.0 Å². The van der Waals surface area contributed by atoms with Crippen LogP contribution in [0.2, 0.25) is 0 Å². The molecule has 3 rings (SSSR count). The van der Waals surface area contributed by atoms with Gasteiger partial charge in [-0.15, -0.1) is 0 Å². The van der Waals surface area contributed by atoms with Crippen molar-refractivity contribution in [2.45, 2.75) is 0 Å². The smallest absolute Gasteiger partial charge is 0.255 e. The highest BCUT2D eigenvalue weighted by molar-refractivity contribution is 6.06. The molecule has 2 N–H and O–H groups in total. The molecule has 0 saturated carbocycles. The first kappa shape index (κ1) is 12.2. The van der Waals surface area contributed by atoms with Crippen LogP contribution in [-0.4, -0.2) is 23.0 Å². The molecule has 0 aliphatic rings. The molecule has 100 valence electrons. The summed E-state index contributed by atoms with van der Waals surface area (Å²) < 4.78 is 4.97. The highest BCUT2D eigenvalue weighted by Crippen LogP contribution is 2.16. The van der Waals surface area contributed by atoms with Gasteiger partial charge in [0.25, 0.3) is 5.91 Å². The van der Waals surface area contributed by atoms with Gasteiger partial charge in [0.05, 0.1) is 19.0 Å². The predicted molar refractivity (Wildman–Crippen MR) is 77.0 cm³/mol. The Morgan fingerprint density at radius 3 is 2.90 bits per heavy atom. The van der Waals surface area contributed by atoms with Gasteiger partial charge >= 0.3 is 0 Å². The molecule has 2 aromatic heterocycles. The number of carbonyl (C=O) groups excluding carboxylic acids is 1. The number of methoxy groups -OCH3 is 1. The van der Waals surface area contributed by atoms with E-state index in [0.29, 0.717) is 17.1 Å². The number of aromatic amines is 1. The molecule has 0 bridgehead atoms. The molecule has 0 fully saturated rings. The van der Waals surface area contributed by atoms with E-state index in [-0.39, 0.29) is 5.91 Å². The van der Waals surface area contributed by atoms with Gasteiger partial charge in [-0.2, -0.15) is 0 Å². The standard InChI is InChI=1S/C15H13N3O2/c1-20-14-5-4-12(9-17-14)18-15(19)11-3-2-10-6-7-16-13(10)8-11/h2-9,16H,1H3,(H,18,19). The van der Waals surface area contributed by atoms with Crippen molar-refractivity contribution in [3.05, 3.63) is 54.4 Å². The van der Waals surface area contributed by atoms with Crippen LogP contribution in [0.25, 0.3) is 10.9 Å². The van der Waals surface area contributed by atoms with Crippen LogP contribution in [-0.2, 0) is 0 Å². The van der Waals surface area contributed by atoms with Gasteiger partial charge in [0.2, 0.25) is 5.88 Å². The van der Waals surface area contributed by atoms with Gasteiger partial charge in [0.15, 0.2) is 0 Å². The zero-order chi connectivity index (χ0) is 13.9. The molecule has 0 spiro atoms. The van der Waals surface area contributed by atoms with Crippen molar-refractivity contribution < 1.29 is 9.53 Å². The number of rotatable bonds is 3. The zero-order valence-corrected chi connectivity index (χ0v) is 10.9. The summed E-state index contributed by atoms with van der Waals surface area (Å²) >= 11 is 0. The van der Waals surface area contributed by atoms with E-state index >= 15 is 0 Å². The van der Waals surface area contributed by atoms with Gasteiger partial charge in [0.1, 0.15) is 0 Å². The largest absolute Gasteiger partial charge is 0.481 e. The van der Waals surface area contributed by atoms with Crippen LogP contribution in [0.4, 0.5) is 5.69 Å². The fraction of sp³-hybridized carbons (Fsp3) is 0.0667. The SMILES string of the molecule is COc1ccc(NC(=O)c2ccc3cc[nH]c3c2)cn1. The molecule has 1 amide bonds. The predicted octanol–water partition coefficient (Wildman–Crippen LogP) is 2.82. The normalized spacial score (nSPS) is 10.4. The van der Waals surface area contributed by atoms with Crippen LogP contribution in [0.5, 0.6) is 5.88 Å². The first-order valence-electron chi connectivity index (χ1n) is 6.15. The molecule has 5 heteroatoms. The number of benzene rings is 1. The van der Waals surface area contributed by atoms with Gasteiger partial charge in [-0.05, 0) is 29.7 Å². The summed E-state index contributed by atoms with van der Waals surface area (Å²) in [6.07, 6.45) is 3.41. The van der Waals surface area contributed by atoms with E-state index in [4.69, 9.17) is 4.74 Å². The van der Waals surface area contributed by atoms with Gasteiger partial charge in [-0.25, -0.2) is 4.98 Å². The Labute approximate surface area is 115 Å². The third-order valence-electron chi connectivity index (χ3n) is 3.02. The van der Waals surface area contributed by atoms with Crippen molar-refractivity contribution in [2.24, 2.45) is 0 Å². The number of amides is 1. The van der Waals surface area contributed by atoms with E-state index in [1.54, 1.807) is 31.5 Å². The number of pyridine rings is 1.